The van der Waals surface area contributed by atoms with Crippen LogP contribution in [0, 0.1) is 5.92 Å². The predicted molar refractivity (Wildman–Crippen MR) is 84.1 cm³/mol. The van der Waals surface area contributed by atoms with Gasteiger partial charge in [0, 0.05) is 24.8 Å². The zero-order chi connectivity index (χ0) is 14.3. The van der Waals surface area contributed by atoms with E-state index in [0.29, 0.717) is 6.04 Å². The van der Waals surface area contributed by atoms with Gasteiger partial charge in [-0.05, 0) is 31.6 Å². The van der Waals surface area contributed by atoms with Gasteiger partial charge in [0.1, 0.15) is 0 Å². The molecule has 3 heteroatoms. The molecule has 0 aliphatic heterocycles. The van der Waals surface area contributed by atoms with Crippen LogP contribution in [0.4, 0.5) is 5.69 Å². The molecule has 0 spiro atoms. The topological polar surface area (TPSA) is 41.3 Å². The van der Waals surface area contributed by atoms with E-state index < -0.39 is 0 Å². The van der Waals surface area contributed by atoms with Gasteiger partial charge in [-0.1, -0.05) is 44.9 Å². The Morgan fingerprint density at radius 2 is 1.79 bits per heavy atom. The van der Waals surface area contributed by atoms with Gasteiger partial charge in [0.2, 0.25) is 0 Å². The van der Waals surface area contributed by atoms with Crippen molar-refractivity contribution < 1.29 is 0 Å². The summed E-state index contributed by atoms with van der Waals surface area (Å²) in [4.78, 5) is 2.33. The minimum Gasteiger partial charge on any atom is -0.398 e. The number of nitrogen functional groups attached to an aromatic ring is 1. The zero-order valence-corrected chi connectivity index (χ0v) is 12.8. The molecule has 0 radical (unpaired) electrons. The Balaban J connectivity index is 2.51. The van der Waals surface area contributed by atoms with Crippen LogP contribution in [0.5, 0.6) is 0 Å². The average Bonchev–Trinajstić information content (AvgIpc) is 2.40. The molecule has 0 aliphatic rings. The second kappa shape index (κ2) is 8.18. The Morgan fingerprint density at radius 1 is 1.16 bits per heavy atom. The SMILES string of the molecule is CCC(CC)C(CNCc1ccccc1N)N(C)C. The van der Waals surface area contributed by atoms with Crippen LogP contribution >= 0.6 is 0 Å². The van der Waals surface area contributed by atoms with Gasteiger partial charge in [0.15, 0.2) is 0 Å². The van der Waals surface area contributed by atoms with E-state index >= 15 is 0 Å². The molecule has 19 heavy (non-hydrogen) atoms. The molecule has 0 saturated heterocycles. The second-order valence-corrected chi connectivity index (χ2v) is 5.44. The standard InChI is InChI=1S/C16H29N3/c1-5-13(6-2)16(19(3)4)12-18-11-14-9-7-8-10-15(14)17/h7-10,13,16,18H,5-6,11-12,17H2,1-4H3. The first-order chi connectivity index (χ1) is 9.10. The van der Waals surface area contributed by atoms with Crippen LogP contribution in [-0.4, -0.2) is 31.6 Å². The lowest BCUT2D eigenvalue weighted by Crippen LogP contribution is -2.42. The molecule has 3 N–H and O–H groups in total. The first kappa shape index (κ1) is 16.0. The van der Waals surface area contributed by atoms with Gasteiger partial charge in [0.25, 0.3) is 0 Å². The van der Waals surface area contributed by atoms with E-state index in [1.54, 1.807) is 0 Å². The lowest BCUT2D eigenvalue weighted by Gasteiger charge is -2.31. The second-order valence-electron chi connectivity index (χ2n) is 5.44. The summed E-state index contributed by atoms with van der Waals surface area (Å²) in [6.07, 6.45) is 2.46. The van der Waals surface area contributed by atoms with Crippen LogP contribution in [0.3, 0.4) is 0 Å². The quantitative estimate of drug-likeness (QED) is 0.709. The molecule has 0 fully saturated rings. The number of para-hydroxylation sites is 1. The maximum atomic E-state index is 5.96. The molecule has 1 aromatic rings. The number of rotatable bonds is 8. The highest BCUT2D eigenvalue weighted by Crippen LogP contribution is 2.17. The highest BCUT2D eigenvalue weighted by Gasteiger charge is 2.19. The van der Waals surface area contributed by atoms with Gasteiger partial charge in [0.05, 0.1) is 0 Å². The molecule has 0 aromatic heterocycles. The molecule has 0 aliphatic carbocycles. The molecule has 0 saturated carbocycles. The van der Waals surface area contributed by atoms with Crippen molar-refractivity contribution >= 4 is 5.69 Å². The molecular weight excluding hydrogens is 234 g/mol. The molecule has 0 bridgehead atoms. The van der Waals surface area contributed by atoms with Crippen molar-refractivity contribution in [3.05, 3.63) is 29.8 Å². The fourth-order valence-electron chi connectivity index (χ4n) is 2.65. The summed E-state index contributed by atoms with van der Waals surface area (Å²) < 4.78 is 0. The van der Waals surface area contributed by atoms with Crippen molar-refractivity contribution in [3.8, 4) is 0 Å². The first-order valence-corrected chi connectivity index (χ1v) is 7.30. The van der Waals surface area contributed by atoms with Crippen LogP contribution < -0.4 is 11.1 Å². The molecule has 1 rings (SSSR count). The van der Waals surface area contributed by atoms with Crippen LogP contribution in [0.1, 0.15) is 32.3 Å². The van der Waals surface area contributed by atoms with E-state index in [4.69, 9.17) is 5.73 Å². The Morgan fingerprint density at radius 3 is 2.32 bits per heavy atom. The number of nitrogens with one attached hydrogen (secondary N) is 1. The van der Waals surface area contributed by atoms with Crippen LogP contribution in [0.25, 0.3) is 0 Å². The lowest BCUT2D eigenvalue weighted by molar-refractivity contribution is 0.194. The summed E-state index contributed by atoms with van der Waals surface area (Å²) in [5.41, 5.74) is 8.02. The van der Waals surface area contributed by atoms with Crippen LogP contribution in [0.2, 0.25) is 0 Å². The monoisotopic (exact) mass is 263 g/mol. The van der Waals surface area contributed by atoms with Gasteiger partial charge < -0.3 is 16.0 Å². The molecule has 1 aromatic carbocycles. The maximum absolute atomic E-state index is 5.96. The van der Waals surface area contributed by atoms with Gasteiger partial charge in [-0.15, -0.1) is 0 Å². The van der Waals surface area contributed by atoms with Crippen molar-refractivity contribution in [2.24, 2.45) is 5.92 Å². The van der Waals surface area contributed by atoms with E-state index in [0.717, 1.165) is 24.7 Å². The largest absolute Gasteiger partial charge is 0.398 e. The molecule has 0 amide bonds. The fourth-order valence-corrected chi connectivity index (χ4v) is 2.65. The van der Waals surface area contributed by atoms with E-state index in [-0.39, 0.29) is 0 Å². The number of hydrogen-bond donors (Lipinski definition) is 2. The van der Waals surface area contributed by atoms with Crippen LogP contribution in [0.15, 0.2) is 24.3 Å². The fraction of sp³-hybridized carbons (Fsp3) is 0.625. The van der Waals surface area contributed by atoms with Crippen molar-refractivity contribution in [2.45, 2.75) is 39.3 Å². The first-order valence-electron chi connectivity index (χ1n) is 7.30. The number of benzene rings is 1. The molecule has 3 nitrogen and oxygen atoms in total. The minimum atomic E-state index is 0.583. The van der Waals surface area contributed by atoms with E-state index in [9.17, 15) is 0 Å². The summed E-state index contributed by atoms with van der Waals surface area (Å²) in [5, 5.41) is 3.55. The van der Waals surface area contributed by atoms with Gasteiger partial charge in [-0.3, -0.25) is 0 Å². The van der Waals surface area contributed by atoms with Gasteiger partial charge in [-0.25, -0.2) is 0 Å². The van der Waals surface area contributed by atoms with Crippen molar-refractivity contribution in [1.82, 2.24) is 10.2 Å². The highest BCUT2D eigenvalue weighted by molar-refractivity contribution is 5.46. The number of anilines is 1. The lowest BCUT2D eigenvalue weighted by atomic mass is 9.93. The van der Waals surface area contributed by atoms with E-state index in [1.807, 2.05) is 18.2 Å². The molecule has 108 valence electrons. The summed E-state index contributed by atoms with van der Waals surface area (Å²) in [5.74, 6) is 0.746. The number of nitrogens with zero attached hydrogens (tertiary/aromatic N) is 1. The average molecular weight is 263 g/mol. The predicted octanol–water partition coefficient (Wildman–Crippen LogP) is 2.72. The van der Waals surface area contributed by atoms with Crippen molar-refractivity contribution in [3.63, 3.8) is 0 Å². The van der Waals surface area contributed by atoms with Crippen LogP contribution in [-0.2, 0) is 6.54 Å². The highest BCUT2D eigenvalue weighted by atomic mass is 15.1. The summed E-state index contributed by atoms with van der Waals surface area (Å²) in [7, 11) is 4.34. The van der Waals surface area contributed by atoms with Crippen molar-refractivity contribution in [2.75, 3.05) is 26.4 Å². The van der Waals surface area contributed by atoms with Gasteiger partial charge in [-0.2, -0.15) is 0 Å². The third-order valence-electron chi connectivity index (χ3n) is 3.98. The molecule has 1 atom stereocenters. The minimum absolute atomic E-state index is 0.583. The van der Waals surface area contributed by atoms with Crippen molar-refractivity contribution in [1.29, 1.82) is 0 Å². The Hall–Kier alpha value is -1.06. The summed E-state index contributed by atoms with van der Waals surface area (Å²) >= 11 is 0. The normalized spacial score (nSPS) is 13.2. The summed E-state index contributed by atoms with van der Waals surface area (Å²) in [6, 6.07) is 8.65. The molecule has 1 unspecified atom stereocenters. The number of nitrogens with two attached hydrogens (primary N) is 1. The maximum Gasteiger partial charge on any atom is 0.0359 e. The number of hydrogen-bond acceptors (Lipinski definition) is 3. The van der Waals surface area contributed by atoms with Gasteiger partial charge >= 0.3 is 0 Å². The Labute approximate surface area is 118 Å². The smallest absolute Gasteiger partial charge is 0.0359 e. The van der Waals surface area contributed by atoms with E-state index in [2.05, 4.69) is 44.2 Å². The Kier molecular flexibility index (Phi) is 6.89. The van der Waals surface area contributed by atoms with E-state index in [1.165, 1.54) is 18.4 Å². The molecule has 0 heterocycles. The summed E-state index contributed by atoms with van der Waals surface area (Å²) in [6.45, 7) is 6.41. The Bertz CT molecular complexity index is 359. The zero-order valence-electron chi connectivity index (χ0n) is 12.8. The number of likely N-dealkylation sites (N-methyl/N-ethyl adjacent to an activating group) is 1. The molecular formula is C16H29N3. The third-order valence-corrected chi connectivity index (χ3v) is 3.98. The third kappa shape index (κ3) is 4.84.